The van der Waals surface area contributed by atoms with Crippen molar-refractivity contribution in [2.24, 2.45) is 5.73 Å². The van der Waals surface area contributed by atoms with E-state index in [-0.39, 0.29) is 5.56 Å². The highest BCUT2D eigenvalue weighted by atomic mass is 16.1. The Morgan fingerprint density at radius 2 is 2.07 bits per heavy atom. The number of nitrogens with zero attached hydrogens (tertiary/aromatic N) is 4. The standard InChI is InChI=1S/C20H26N6O/c1-25(11-3-13-26-12-2-10-22-26)15-16-4-6-17(7-5-16)20-23-18(8-9-21)14-19(27)24-20/h2,4-7,10,12,14H,3,8-9,11,13,15,21H2,1H3,(H,23,24,27). The summed E-state index contributed by atoms with van der Waals surface area (Å²) in [6.07, 6.45) is 5.44. The molecule has 0 bridgehead atoms. The van der Waals surface area contributed by atoms with Gasteiger partial charge in [-0.05, 0) is 38.2 Å². The molecule has 2 heterocycles. The molecule has 0 saturated carbocycles. The third-order valence-electron chi connectivity index (χ3n) is 4.36. The number of H-pyrrole nitrogens is 1. The van der Waals surface area contributed by atoms with E-state index in [0.29, 0.717) is 18.8 Å². The summed E-state index contributed by atoms with van der Waals surface area (Å²) < 4.78 is 1.95. The number of nitrogens with two attached hydrogens (primary N) is 1. The second-order valence-corrected chi connectivity index (χ2v) is 6.68. The van der Waals surface area contributed by atoms with Crippen LogP contribution in [0.2, 0.25) is 0 Å². The van der Waals surface area contributed by atoms with Crippen LogP contribution in [0.5, 0.6) is 0 Å². The molecule has 0 atom stereocenters. The third-order valence-corrected chi connectivity index (χ3v) is 4.36. The molecule has 3 aromatic rings. The first kappa shape index (κ1) is 19.0. The molecule has 0 radical (unpaired) electrons. The van der Waals surface area contributed by atoms with Crippen LogP contribution in [-0.2, 0) is 19.5 Å². The first-order chi connectivity index (χ1) is 13.1. The van der Waals surface area contributed by atoms with Crippen LogP contribution in [-0.4, -0.2) is 44.8 Å². The Kier molecular flexibility index (Phi) is 6.51. The van der Waals surface area contributed by atoms with Gasteiger partial charge in [0.15, 0.2) is 0 Å². The van der Waals surface area contributed by atoms with Crippen molar-refractivity contribution >= 4 is 0 Å². The van der Waals surface area contributed by atoms with Crippen LogP contribution in [0.25, 0.3) is 11.4 Å². The second-order valence-electron chi connectivity index (χ2n) is 6.68. The Hall–Kier alpha value is -2.77. The van der Waals surface area contributed by atoms with Gasteiger partial charge in [-0.25, -0.2) is 4.98 Å². The Bertz CT molecular complexity index is 886. The van der Waals surface area contributed by atoms with Gasteiger partial charge in [0.1, 0.15) is 5.82 Å². The highest BCUT2D eigenvalue weighted by molar-refractivity contribution is 5.55. The van der Waals surface area contributed by atoms with Gasteiger partial charge in [-0.2, -0.15) is 5.10 Å². The summed E-state index contributed by atoms with van der Waals surface area (Å²) in [6, 6.07) is 11.6. The second kappa shape index (κ2) is 9.25. The average Bonchev–Trinajstić information content (AvgIpc) is 3.15. The summed E-state index contributed by atoms with van der Waals surface area (Å²) in [7, 11) is 2.12. The molecule has 0 aliphatic rings. The van der Waals surface area contributed by atoms with Crippen molar-refractivity contribution < 1.29 is 0 Å². The minimum atomic E-state index is -0.149. The van der Waals surface area contributed by atoms with Gasteiger partial charge in [-0.15, -0.1) is 0 Å². The first-order valence-electron chi connectivity index (χ1n) is 9.19. The molecule has 7 nitrogen and oxygen atoms in total. The van der Waals surface area contributed by atoms with Gasteiger partial charge in [-0.3, -0.25) is 9.48 Å². The van der Waals surface area contributed by atoms with Crippen LogP contribution in [0.1, 0.15) is 17.7 Å². The SMILES string of the molecule is CN(CCCn1cccn1)Cc1ccc(-c2nc(CCN)cc(=O)[nH]2)cc1. The molecule has 0 aliphatic heterocycles. The van der Waals surface area contributed by atoms with Crippen molar-refractivity contribution in [3.8, 4) is 11.4 Å². The number of aromatic nitrogens is 4. The van der Waals surface area contributed by atoms with Gasteiger partial charge in [-0.1, -0.05) is 24.3 Å². The molecule has 0 saturated heterocycles. The van der Waals surface area contributed by atoms with Gasteiger partial charge in [0, 0.05) is 49.2 Å². The van der Waals surface area contributed by atoms with Crippen LogP contribution in [0, 0.1) is 0 Å². The topological polar surface area (TPSA) is 92.8 Å². The number of aromatic amines is 1. The maximum absolute atomic E-state index is 11.8. The zero-order valence-corrected chi connectivity index (χ0v) is 15.6. The Morgan fingerprint density at radius 3 is 2.78 bits per heavy atom. The van der Waals surface area contributed by atoms with E-state index in [1.807, 2.05) is 29.1 Å². The quantitative estimate of drug-likeness (QED) is 0.601. The molecular formula is C20H26N6O. The molecule has 142 valence electrons. The van der Waals surface area contributed by atoms with E-state index in [4.69, 9.17) is 5.73 Å². The largest absolute Gasteiger partial charge is 0.330 e. The van der Waals surface area contributed by atoms with E-state index < -0.39 is 0 Å². The third kappa shape index (κ3) is 5.60. The van der Waals surface area contributed by atoms with E-state index in [2.05, 4.69) is 39.1 Å². The van der Waals surface area contributed by atoms with E-state index in [1.54, 1.807) is 6.20 Å². The van der Waals surface area contributed by atoms with Gasteiger partial charge in [0.05, 0.1) is 0 Å². The molecule has 27 heavy (non-hydrogen) atoms. The van der Waals surface area contributed by atoms with E-state index in [9.17, 15) is 4.79 Å². The smallest absolute Gasteiger partial charge is 0.251 e. The number of rotatable bonds is 9. The fraction of sp³-hybridized carbons (Fsp3) is 0.350. The molecule has 7 heteroatoms. The number of benzene rings is 1. The molecular weight excluding hydrogens is 340 g/mol. The van der Waals surface area contributed by atoms with Crippen LogP contribution in [0.3, 0.4) is 0 Å². The molecule has 0 fully saturated rings. The van der Waals surface area contributed by atoms with Crippen molar-refractivity contribution in [1.29, 1.82) is 0 Å². The minimum Gasteiger partial charge on any atom is -0.330 e. The van der Waals surface area contributed by atoms with Crippen molar-refractivity contribution in [2.75, 3.05) is 20.1 Å². The zero-order chi connectivity index (χ0) is 19.1. The fourth-order valence-electron chi connectivity index (χ4n) is 3.01. The Labute approximate surface area is 158 Å². The number of hydrogen-bond acceptors (Lipinski definition) is 5. The molecule has 0 spiro atoms. The lowest BCUT2D eigenvalue weighted by Gasteiger charge is -2.17. The summed E-state index contributed by atoms with van der Waals surface area (Å²) >= 11 is 0. The van der Waals surface area contributed by atoms with Crippen LogP contribution >= 0.6 is 0 Å². The summed E-state index contributed by atoms with van der Waals surface area (Å²) in [5.74, 6) is 0.588. The predicted octanol–water partition coefficient (Wildman–Crippen LogP) is 1.66. The fourth-order valence-corrected chi connectivity index (χ4v) is 3.01. The number of aryl methyl sites for hydroxylation is 1. The number of hydrogen-bond donors (Lipinski definition) is 2. The van der Waals surface area contributed by atoms with Crippen LogP contribution in [0.15, 0.2) is 53.6 Å². The summed E-state index contributed by atoms with van der Waals surface area (Å²) in [6.45, 7) is 3.27. The predicted molar refractivity (Wildman–Crippen MR) is 106 cm³/mol. The molecule has 3 rings (SSSR count). The summed E-state index contributed by atoms with van der Waals surface area (Å²) in [5, 5.41) is 4.22. The lowest BCUT2D eigenvalue weighted by molar-refractivity contribution is 0.311. The molecule has 0 unspecified atom stereocenters. The molecule has 0 amide bonds. The van der Waals surface area contributed by atoms with Crippen molar-refractivity contribution in [2.45, 2.75) is 25.9 Å². The van der Waals surface area contributed by atoms with Crippen molar-refractivity contribution in [3.63, 3.8) is 0 Å². The zero-order valence-electron chi connectivity index (χ0n) is 15.6. The van der Waals surface area contributed by atoms with E-state index >= 15 is 0 Å². The van der Waals surface area contributed by atoms with Gasteiger partial charge >= 0.3 is 0 Å². The molecule has 0 aliphatic carbocycles. The molecule has 3 N–H and O–H groups in total. The van der Waals surface area contributed by atoms with Gasteiger partial charge < -0.3 is 15.6 Å². The van der Waals surface area contributed by atoms with Gasteiger partial charge in [0.25, 0.3) is 5.56 Å². The van der Waals surface area contributed by atoms with E-state index in [1.165, 1.54) is 11.6 Å². The molecule has 1 aromatic carbocycles. The minimum absolute atomic E-state index is 0.149. The highest BCUT2D eigenvalue weighted by Gasteiger charge is 2.06. The maximum Gasteiger partial charge on any atom is 0.251 e. The lowest BCUT2D eigenvalue weighted by atomic mass is 10.1. The molecule has 2 aromatic heterocycles. The normalized spacial score (nSPS) is 11.2. The lowest BCUT2D eigenvalue weighted by Crippen LogP contribution is -2.20. The summed E-state index contributed by atoms with van der Waals surface area (Å²) in [5.41, 5.74) is 8.26. The maximum atomic E-state index is 11.8. The van der Waals surface area contributed by atoms with E-state index in [0.717, 1.165) is 37.3 Å². The van der Waals surface area contributed by atoms with Gasteiger partial charge in [0.2, 0.25) is 0 Å². The van der Waals surface area contributed by atoms with Crippen molar-refractivity contribution in [1.82, 2.24) is 24.6 Å². The highest BCUT2D eigenvalue weighted by Crippen LogP contribution is 2.16. The van der Waals surface area contributed by atoms with Crippen molar-refractivity contribution in [3.05, 3.63) is 70.4 Å². The number of nitrogens with one attached hydrogen (secondary N) is 1. The monoisotopic (exact) mass is 366 g/mol. The first-order valence-corrected chi connectivity index (χ1v) is 9.19. The Balaban J connectivity index is 1.57. The Morgan fingerprint density at radius 1 is 1.26 bits per heavy atom. The van der Waals surface area contributed by atoms with Crippen LogP contribution in [0.4, 0.5) is 0 Å². The van der Waals surface area contributed by atoms with Crippen LogP contribution < -0.4 is 11.3 Å². The summed E-state index contributed by atoms with van der Waals surface area (Å²) in [4.78, 5) is 21.4. The average molecular weight is 366 g/mol.